The molecule has 1 heterocycles. The molecule has 120 valence electrons. The number of amides is 2. The smallest absolute Gasteiger partial charge is 0.258 e. The van der Waals surface area contributed by atoms with Crippen molar-refractivity contribution < 1.29 is 14.3 Å². The molecule has 1 saturated heterocycles. The fourth-order valence-electron chi connectivity index (χ4n) is 2.34. The molecule has 1 aliphatic rings. The zero-order valence-corrected chi connectivity index (χ0v) is 12.8. The van der Waals surface area contributed by atoms with Crippen molar-refractivity contribution in [2.75, 3.05) is 26.2 Å². The lowest BCUT2D eigenvalue weighted by molar-refractivity contribution is -0.127. The van der Waals surface area contributed by atoms with E-state index >= 15 is 0 Å². The normalized spacial score (nSPS) is 21.0. The quantitative estimate of drug-likeness (QED) is 0.706. The van der Waals surface area contributed by atoms with Crippen LogP contribution in [0.3, 0.4) is 0 Å². The monoisotopic (exact) mass is 305 g/mol. The molecule has 2 amide bonds. The molecule has 2 unspecified atom stereocenters. The van der Waals surface area contributed by atoms with Gasteiger partial charge in [0.1, 0.15) is 5.75 Å². The highest BCUT2D eigenvalue weighted by molar-refractivity contribution is 5.85. The predicted molar refractivity (Wildman–Crippen MR) is 83.5 cm³/mol. The second-order valence-electron chi connectivity index (χ2n) is 5.52. The van der Waals surface area contributed by atoms with Crippen molar-refractivity contribution in [2.45, 2.75) is 19.4 Å². The molecule has 1 aromatic carbocycles. The first-order valence-corrected chi connectivity index (χ1v) is 7.60. The maximum atomic E-state index is 11.8. The highest BCUT2D eigenvalue weighted by atomic mass is 16.5. The SMILES string of the molecule is CC1CCNCC1NC(=O)CNC(=O)COc1ccccc1. The van der Waals surface area contributed by atoms with Crippen molar-refractivity contribution in [2.24, 2.45) is 5.92 Å². The highest BCUT2D eigenvalue weighted by Gasteiger charge is 2.22. The third-order valence-corrected chi connectivity index (χ3v) is 3.73. The van der Waals surface area contributed by atoms with Crippen LogP contribution in [0.4, 0.5) is 0 Å². The summed E-state index contributed by atoms with van der Waals surface area (Å²) in [6.07, 6.45) is 1.04. The van der Waals surface area contributed by atoms with Crippen LogP contribution in [0.2, 0.25) is 0 Å². The van der Waals surface area contributed by atoms with Gasteiger partial charge in [0.05, 0.1) is 6.54 Å². The summed E-state index contributed by atoms with van der Waals surface area (Å²) in [4.78, 5) is 23.5. The van der Waals surface area contributed by atoms with Crippen LogP contribution in [-0.4, -0.2) is 44.1 Å². The summed E-state index contributed by atoms with van der Waals surface area (Å²) in [7, 11) is 0. The van der Waals surface area contributed by atoms with Gasteiger partial charge in [-0.15, -0.1) is 0 Å². The second kappa shape index (κ2) is 8.38. The molecule has 22 heavy (non-hydrogen) atoms. The van der Waals surface area contributed by atoms with Crippen LogP contribution in [0.15, 0.2) is 30.3 Å². The summed E-state index contributed by atoms with van der Waals surface area (Å²) in [6, 6.07) is 9.21. The van der Waals surface area contributed by atoms with Crippen molar-refractivity contribution in [1.82, 2.24) is 16.0 Å². The Kier molecular flexibility index (Phi) is 6.21. The van der Waals surface area contributed by atoms with E-state index in [0.717, 1.165) is 19.5 Å². The molecule has 0 spiro atoms. The van der Waals surface area contributed by atoms with Crippen LogP contribution in [-0.2, 0) is 9.59 Å². The Morgan fingerprint density at radius 3 is 2.77 bits per heavy atom. The van der Waals surface area contributed by atoms with E-state index in [1.165, 1.54) is 0 Å². The maximum Gasteiger partial charge on any atom is 0.258 e. The third kappa shape index (κ3) is 5.37. The Labute approximate surface area is 130 Å². The largest absolute Gasteiger partial charge is 0.484 e. The van der Waals surface area contributed by atoms with Crippen LogP contribution in [0, 0.1) is 5.92 Å². The fourth-order valence-corrected chi connectivity index (χ4v) is 2.34. The number of ether oxygens (including phenoxy) is 1. The lowest BCUT2D eigenvalue weighted by atomic mass is 9.95. The van der Waals surface area contributed by atoms with E-state index in [2.05, 4.69) is 22.9 Å². The van der Waals surface area contributed by atoms with E-state index in [1.54, 1.807) is 12.1 Å². The van der Waals surface area contributed by atoms with E-state index in [4.69, 9.17) is 4.74 Å². The number of rotatable bonds is 6. The Morgan fingerprint density at radius 2 is 2.05 bits per heavy atom. The van der Waals surface area contributed by atoms with Crippen LogP contribution in [0.5, 0.6) is 5.75 Å². The summed E-state index contributed by atoms with van der Waals surface area (Å²) < 4.78 is 5.31. The number of carbonyl (C=O) groups excluding carboxylic acids is 2. The lowest BCUT2D eigenvalue weighted by Gasteiger charge is -2.30. The topological polar surface area (TPSA) is 79.5 Å². The number of nitrogens with one attached hydrogen (secondary N) is 3. The van der Waals surface area contributed by atoms with Gasteiger partial charge in [0.25, 0.3) is 5.91 Å². The van der Waals surface area contributed by atoms with E-state index in [0.29, 0.717) is 11.7 Å². The van der Waals surface area contributed by atoms with E-state index in [1.807, 2.05) is 18.2 Å². The Balaban J connectivity index is 1.64. The molecule has 6 nitrogen and oxygen atoms in total. The summed E-state index contributed by atoms with van der Waals surface area (Å²) in [6.45, 7) is 3.76. The number of benzene rings is 1. The molecule has 0 aliphatic carbocycles. The van der Waals surface area contributed by atoms with E-state index < -0.39 is 0 Å². The molecular weight excluding hydrogens is 282 g/mol. The number of hydrogen-bond donors (Lipinski definition) is 3. The zero-order valence-electron chi connectivity index (χ0n) is 12.8. The molecule has 0 saturated carbocycles. The standard InChI is InChI=1S/C16H23N3O3/c1-12-7-8-17-9-14(12)19-15(20)10-18-16(21)11-22-13-5-3-2-4-6-13/h2-6,12,14,17H,7-11H2,1H3,(H,18,21)(H,19,20). The maximum absolute atomic E-state index is 11.8. The highest BCUT2D eigenvalue weighted by Crippen LogP contribution is 2.10. The van der Waals surface area contributed by atoms with Gasteiger partial charge in [-0.3, -0.25) is 9.59 Å². The lowest BCUT2D eigenvalue weighted by Crippen LogP contribution is -2.52. The molecule has 3 N–H and O–H groups in total. The summed E-state index contributed by atoms with van der Waals surface area (Å²) in [5.41, 5.74) is 0. The van der Waals surface area contributed by atoms with Gasteiger partial charge >= 0.3 is 0 Å². The van der Waals surface area contributed by atoms with Gasteiger partial charge < -0.3 is 20.7 Å². The molecule has 0 aromatic heterocycles. The number of para-hydroxylation sites is 1. The number of carbonyl (C=O) groups is 2. The van der Waals surface area contributed by atoms with Crippen molar-refractivity contribution in [1.29, 1.82) is 0 Å². The first kappa shape index (κ1) is 16.3. The molecule has 2 atom stereocenters. The second-order valence-corrected chi connectivity index (χ2v) is 5.52. The molecule has 6 heteroatoms. The predicted octanol–water partition coefficient (Wildman–Crippen LogP) is 0.296. The first-order valence-electron chi connectivity index (χ1n) is 7.60. The van der Waals surface area contributed by atoms with Crippen molar-refractivity contribution in [3.63, 3.8) is 0 Å². The van der Waals surface area contributed by atoms with Crippen LogP contribution in [0.1, 0.15) is 13.3 Å². The van der Waals surface area contributed by atoms with Crippen LogP contribution >= 0.6 is 0 Å². The van der Waals surface area contributed by atoms with Gasteiger partial charge in [0.2, 0.25) is 5.91 Å². The molecular formula is C16H23N3O3. The third-order valence-electron chi connectivity index (χ3n) is 3.73. The van der Waals surface area contributed by atoms with Crippen molar-refractivity contribution in [3.05, 3.63) is 30.3 Å². The van der Waals surface area contributed by atoms with Gasteiger partial charge in [-0.25, -0.2) is 0 Å². The minimum absolute atomic E-state index is 0.0276. The average molecular weight is 305 g/mol. The van der Waals surface area contributed by atoms with Gasteiger partial charge in [0.15, 0.2) is 6.61 Å². The van der Waals surface area contributed by atoms with Crippen molar-refractivity contribution >= 4 is 11.8 Å². The number of piperidine rings is 1. The molecule has 0 bridgehead atoms. The van der Waals surface area contributed by atoms with E-state index in [-0.39, 0.29) is 31.0 Å². The summed E-state index contributed by atoms with van der Waals surface area (Å²) >= 11 is 0. The van der Waals surface area contributed by atoms with Gasteiger partial charge in [0, 0.05) is 12.6 Å². The van der Waals surface area contributed by atoms with Crippen molar-refractivity contribution in [3.8, 4) is 5.75 Å². The summed E-state index contributed by atoms with van der Waals surface area (Å²) in [5, 5.41) is 8.75. The Morgan fingerprint density at radius 1 is 1.27 bits per heavy atom. The molecule has 1 aromatic rings. The van der Waals surface area contributed by atoms with Gasteiger partial charge in [-0.05, 0) is 31.0 Å². The minimum Gasteiger partial charge on any atom is -0.484 e. The van der Waals surface area contributed by atoms with Gasteiger partial charge in [-0.1, -0.05) is 25.1 Å². The minimum atomic E-state index is -0.311. The van der Waals surface area contributed by atoms with Crippen LogP contribution in [0.25, 0.3) is 0 Å². The number of hydrogen-bond acceptors (Lipinski definition) is 4. The first-order chi connectivity index (χ1) is 10.6. The zero-order chi connectivity index (χ0) is 15.8. The fraction of sp³-hybridized carbons (Fsp3) is 0.500. The molecule has 2 rings (SSSR count). The molecule has 1 fully saturated rings. The van der Waals surface area contributed by atoms with Crippen LogP contribution < -0.4 is 20.7 Å². The van der Waals surface area contributed by atoms with E-state index in [9.17, 15) is 9.59 Å². The van der Waals surface area contributed by atoms with Gasteiger partial charge in [-0.2, -0.15) is 0 Å². The summed E-state index contributed by atoms with van der Waals surface area (Å²) in [5.74, 6) is 0.592. The Bertz CT molecular complexity index is 493. The molecule has 1 aliphatic heterocycles. The molecule has 0 radical (unpaired) electrons. The Hall–Kier alpha value is -2.08. The average Bonchev–Trinajstić information content (AvgIpc) is 2.54.